The molecule has 14 heteroatoms. The van der Waals surface area contributed by atoms with Crippen molar-refractivity contribution in [3.05, 3.63) is 24.3 Å². The molecule has 0 aliphatic carbocycles. The number of hydrogen-bond acceptors (Lipinski definition) is 3. The molecule has 0 radical (unpaired) electrons. The summed E-state index contributed by atoms with van der Waals surface area (Å²) >= 11 is 0. The van der Waals surface area contributed by atoms with Crippen molar-refractivity contribution in [1.29, 1.82) is 0 Å². The Bertz CT molecular complexity index is 453. The van der Waals surface area contributed by atoms with Gasteiger partial charge in [0.25, 0.3) is 0 Å². The van der Waals surface area contributed by atoms with Crippen LogP contribution in [0, 0.1) is 0 Å². The van der Waals surface area contributed by atoms with Gasteiger partial charge in [-0.2, -0.15) is 51.6 Å². The largest absolute Gasteiger partial charge is 0.399 e. The second kappa shape index (κ2) is 18.2. The van der Waals surface area contributed by atoms with Crippen LogP contribution in [-0.2, 0) is 26.2 Å². The molecule has 0 saturated carbocycles. The van der Waals surface area contributed by atoms with Gasteiger partial charge in [-0.15, -0.1) is 5.19 Å². The summed E-state index contributed by atoms with van der Waals surface area (Å²) in [5.41, 5.74) is 0. The smallest absolute Gasteiger partial charge is 0.396 e. The molecule has 0 aliphatic rings. The first kappa shape index (κ1) is 38.0. The van der Waals surface area contributed by atoms with Crippen molar-refractivity contribution < 1.29 is 81.0 Å². The second-order valence-corrected chi connectivity index (χ2v) is 9.37. The summed E-state index contributed by atoms with van der Waals surface area (Å²) in [6.07, 6.45) is 2.62. The van der Waals surface area contributed by atoms with Gasteiger partial charge in [-0.25, -0.2) is 12.1 Å². The minimum atomic E-state index is -7.72. The van der Waals surface area contributed by atoms with Crippen LogP contribution in [0.5, 0.6) is 0 Å². The minimum absolute atomic E-state index is 0. The molecule has 0 amide bonds. The molecule has 3 N–H and O–H groups in total. The van der Waals surface area contributed by atoms with Gasteiger partial charge in [0.15, 0.2) is 0 Å². The number of aliphatic hydroxyl groups is 3. The zero-order valence-corrected chi connectivity index (χ0v) is 20.8. The van der Waals surface area contributed by atoms with Crippen molar-refractivity contribution >= 4 is 13.3 Å². The van der Waals surface area contributed by atoms with E-state index in [9.17, 15) is 39.5 Å². The molecule has 0 atom stereocenters. The Labute approximate surface area is 195 Å². The molecule has 1 rings (SSSR count). The van der Waals surface area contributed by atoms with Crippen LogP contribution in [0.15, 0.2) is 24.3 Å². The van der Waals surface area contributed by atoms with E-state index in [2.05, 4.69) is 0 Å². The second-order valence-electron chi connectivity index (χ2n) is 5.59. The van der Waals surface area contributed by atoms with Crippen LogP contribution in [0.4, 0.5) is 39.5 Å². The predicted octanol–water partition coefficient (Wildman–Crippen LogP) is 4.53. The van der Waals surface area contributed by atoms with E-state index in [1.54, 1.807) is 0 Å². The summed E-state index contributed by atoms with van der Waals surface area (Å²) < 4.78 is 113. The SMILES string of the molecule is CCCO.CCCO.CCCO.FC(F)(F)[Si]([c-]1cccc1)(C(F)(F)F)C(F)(F)F.[Zr]. The van der Waals surface area contributed by atoms with Gasteiger partial charge in [0.05, 0.1) is 0 Å². The first-order valence-corrected chi connectivity index (χ1v) is 10.8. The number of halogens is 9. The summed E-state index contributed by atoms with van der Waals surface area (Å²) in [6, 6.07) is 1.84. The zero-order valence-electron chi connectivity index (χ0n) is 17.3. The van der Waals surface area contributed by atoms with E-state index in [0.717, 1.165) is 19.3 Å². The van der Waals surface area contributed by atoms with Crippen LogP contribution in [0.25, 0.3) is 0 Å². The average molecular weight is 571 g/mol. The first-order valence-electron chi connectivity index (χ1n) is 8.85. The van der Waals surface area contributed by atoms with Gasteiger partial charge in [0, 0.05) is 46.0 Å². The summed E-state index contributed by atoms with van der Waals surface area (Å²) in [5.74, 6) is -19.2. The van der Waals surface area contributed by atoms with Crippen molar-refractivity contribution in [3.63, 3.8) is 0 Å². The monoisotopic (exact) mass is 569 g/mol. The van der Waals surface area contributed by atoms with Crippen LogP contribution in [0.1, 0.15) is 40.0 Å². The van der Waals surface area contributed by atoms with Gasteiger partial charge >= 0.3 is 25.5 Å². The fourth-order valence-electron chi connectivity index (χ4n) is 1.60. The Kier molecular flexibility index (Phi) is 22.3. The van der Waals surface area contributed by atoms with Crippen LogP contribution in [0.3, 0.4) is 0 Å². The molecule has 1 aromatic rings. The van der Waals surface area contributed by atoms with E-state index in [-0.39, 0.29) is 38.3 Å². The Morgan fingerprint density at radius 3 is 0.935 bits per heavy atom. The Morgan fingerprint density at radius 1 is 0.613 bits per heavy atom. The third-order valence-corrected chi connectivity index (χ3v) is 6.79. The van der Waals surface area contributed by atoms with Crippen LogP contribution in [-0.4, -0.2) is 60.6 Å². The third kappa shape index (κ3) is 12.5. The Hall–Kier alpha value is -0.300. The van der Waals surface area contributed by atoms with Crippen molar-refractivity contribution in [2.45, 2.75) is 57.4 Å². The van der Waals surface area contributed by atoms with Gasteiger partial charge in [0.2, 0.25) is 0 Å². The molecule has 3 nitrogen and oxygen atoms in total. The van der Waals surface area contributed by atoms with Gasteiger partial charge in [-0.1, -0.05) is 20.8 Å². The molecular formula is C17H28F9O3SiZr-. The molecule has 0 saturated heterocycles. The molecule has 0 fully saturated rings. The molecular weight excluding hydrogens is 542 g/mol. The van der Waals surface area contributed by atoms with E-state index < -0.39 is 30.7 Å². The van der Waals surface area contributed by atoms with Gasteiger partial charge < -0.3 is 15.3 Å². The van der Waals surface area contributed by atoms with E-state index in [0.29, 0.717) is 32.0 Å². The molecule has 0 aromatic heterocycles. The number of rotatable bonds is 4. The third-order valence-electron chi connectivity index (χ3n) is 3.04. The van der Waals surface area contributed by atoms with Crippen LogP contribution in [0.2, 0.25) is 0 Å². The fourth-order valence-corrected chi connectivity index (χ4v) is 4.24. The maximum atomic E-state index is 12.6. The molecule has 0 spiro atoms. The van der Waals surface area contributed by atoms with E-state index in [4.69, 9.17) is 15.3 Å². The van der Waals surface area contributed by atoms with Crippen molar-refractivity contribution in [1.82, 2.24) is 0 Å². The zero-order chi connectivity index (χ0) is 24.6. The van der Waals surface area contributed by atoms with Crippen molar-refractivity contribution in [3.8, 4) is 0 Å². The number of hydrogen-bond donors (Lipinski definition) is 3. The molecule has 0 bridgehead atoms. The average Bonchev–Trinajstić information content (AvgIpc) is 3.13. The molecule has 186 valence electrons. The first-order chi connectivity index (χ1) is 13.6. The summed E-state index contributed by atoms with van der Waals surface area (Å²) in [4.78, 5) is 0. The standard InChI is InChI=1S/C8H4F9Si.3C3H8O.Zr/c9-6(10,11)18(7(12,13)14,8(15,16)17)5-3-1-2-4-5;3*1-2-3-4;/h1-4H;3*4H,2-3H2,1H3;/q-1;;;;. The number of alkyl halides is 9. The molecule has 0 unspecified atom stereocenters. The Balaban J connectivity index is -0.000000232. The predicted molar refractivity (Wildman–Crippen MR) is 97.7 cm³/mol. The van der Waals surface area contributed by atoms with E-state index in [1.807, 2.05) is 20.8 Å². The van der Waals surface area contributed by atoms with Crippen LogP contribution < -0.4 is 5.19 Å². The van der Waals surface area contributed by atoms with Gasteiger partial charge in [-0.05, 0) is 19.3 Å². The summed E-state index contributed by atoms with van der Waals surface area (Å²) in [5, 5.41) is 21.9. The minimum Gasteiger partial charge on any atom is -0.396 e. The van der Waals surface area contributed by atoms with E-state index >= 15 is 0 Å². The number of aliphatic hydroxyl groups excluding tert-OH is 3. The maximum Gasteiger partial charge on any atom is 0.399 e. The normalized spacial score (nSPS) is 11.6. The molecule has 0 heterocycles. The quantitative estimate of drug-likeness (QED) is 0.283. The maximum absolute atomic E-state index is 12.6. The molecule has 31 heavy (non-hydrogen) atoms. The van der Waals surface area contributed by atoms with Crippen molar-refractivity contribution in [2.75, 3.05) is 19.8 Å². The molecule has 0 aliphatic heterocycles. The summed E-state index contributed by atoms with van der Waals surface area (Å²) in [6.45, 7) is 6.75. The van der Waals surface area contributed by atoms with Crippen molar-refractivity contribution in [2.24, 2.45) is 0 Å². The van der Waals surface area contributed by atoms with E-state index in [1.165, 1.54) is 0 Å². The summed E-state index contributed by atoms with van der Waals surface area (Å²) in [7, 11) is -7.72. The molecule has 1 aromatic carbocycles. The topological polar surface area (TPSA) is 60.7 Å². The van der Waals surface area contributed by atoms with Gasteiger partial charge in [-0.3, -0.25) is 0 Å². The van der Waals surface area contributed by atoms with Crippen LogP contribution >= 0.6 is 0 Å². The fraction of sp³-hybridized carbons (Fsp3) is 0.706. The van der Waals surface area contributed by atoms with Gasteiger partial charge in [0.1, 0.15) is 0 Å². The Morgan fingerprint density at radius 2 is 0.806 bits per heavy atom.